The van der Waals surface area contributed by atoms with Crippen molar-refractivity contribution in [1.82, 2.24) is 14.9 Å². The van der Waals surface area contributed by atoms with Crippen molar-refractivity contribution in [3.05, 3.63) is 23.9 Å². The van der Waals surface area contributed by atoms with Crippen molar-refractivity contribution in [1.29, 1.82) is 0 Å². The van der Waals surface area contributed by atoms with E-state index in [0.717, 1.165) is 6.20 Å². The van der Waals surface area contributed by atoms with E-state index in [2.05, 4.69) is 21.5 Å². The van der Waals surface area contributed by atoms with Crippen molar-refractivity contribution in [2.24, 2.45) is 0 Å². The van der Waals surface area contributed by atoms with Crippen LogP contribution in [0.25, 0.3) is 0 Å². The van der Waals surface area contributed by atoms with Crippen LogP contribution in [0.5, 0.6) is 0 Å². The molecule has 0 bridgehead atoms. The van der Waals surface area contributed by atoms with E-state index in [1.54, 1.807) is 6.92 Å². The van der Waals surface area contributed by atoms with Crippen LogP contribution in [-0.2, 0) is 10.0 Å². The van der Waals surface area contributed by atoms with Gasteiger partial charge in [-0.05, 0) is 6.92 Å². The third kappa shape index (κ3) is 2.67. The zero-order chi connectivity index (χ0) is 12.3. The van der Waals surface area contributed by atoms with Crippen LogP contribution in [0.1, 0.15) is 17.3 Å². The van der Waals surface area contributed by atoms with Crippen LogP contribution in [0.3, 0.4) is 0 Å². The second-order valence-electron chi connectivity index (χ2n) is 3.20. The molecule has 1 heterocycles. The molecule has 3 N–H and O–H groups in total. The van der Waals surface area contributed by atoms with Crippen LogP contribution < -0.4 is 4.72 Å². The fourth-order valence-electron chi connectivity index (χ4n) is 0.922. The van der Waals surface area contributed by atoms with E-state index in [1.165, 1.54) is 0 Å². The third-order valence-corrected chi connectivity index (χ3v) is 3.04. The number of H-pyrrole nitrogens is 1. The minimum atomic E-state index is -3.90. The second kappa shape index (κ2) is 4.45. The first-order valence-corrected chi connectivity index (χ1v) is 5.73. The molecule has 0 atom stereocenters. The molecule has 7 nitrogen and oxygen atoms in total. The molecular formula is C8H11N3O4S. The Morgan fingerprint density at radius 3 is 2.81 bits per heavy atom. The van der Waals surface area contributed by atoms with Gasteiger partial charge in [0.25, 0.3) is 10.0 Å². The number of sulfonamides is 1. The molecule has 0 fully saturated rings. The van der Waals surface area contributed by atoms with Gasteiger partial charge < -0.3 is 5.11 Å². The predicted molar refractivity (Wildman–Crippen MR) is 55.5 cm³/mol. The van der Waals surface area contributed by atoms with Crippen molar-refractivity contribution >= 4 is 16.0 Å². The van der Waals surface area contributed by atoms with Crippen LogP contribution in [0, 0.1) is 0 Å². The first-order chi connectivity index (χ1) is 7.34. The fourth-order valence-corrected chi connectivity index (χ4v) is 2.11. The summed E-state index contributed by atoms with van der Waals surface area (Å²) in [6, 6.07) is 0. The van der Waals surface area contributed by atoms with Gasteiger partial charge in [0.2, 0.25) is 0 Å². The molecule has 0 amide bonds. The molecule has 88 valence electrons. The monoisotopic (exact) mass is 245 g/mol. The summed E-state index contributed by atoms with van der Waals surface area (Å²) in [4.78, 5) is 10.7. The maximum absolute atomic E-state index is 11.6. The van der Waals surface area contributed by atoms with E-state index in [4.69, 9.17) is 5.11 Å². The van der Waals surface area contributed by atoms with Gasteiger partial charge in [0.1, 0.15) is 5.56 Å². The number of aromatic amines is 1. The summed E-state index contributed by atoms with van der Waals surface area (Å²) in [5.41, 5.74) is 0.217. The highest BCUT2D eigenvalue weighted by atomic mass is 32.2. The molecule has 1 aromatic heterocycles. The molecular weight excluding hydrogens is 234 g/mol. The molecule has 16 heavy (non-hydrogen) atoms. The van der Waals surface area contributed by atoms with E-state index in [0.29, 0.717) is 5.57 Å². The Hall–Kier alpha value is -1.67. The molecule has 0 unspecified atom stereocenters. The predicted octanol–water partition coefficient (Wildman–Crippen LogP) is -0.0377. The van der Waals surface area contributed by atoms with Crippen molar-refractivity contribution in [3.8, 4) is 0 Å². The normalized spacial score (nSPS) is 11.3. The van der Waals surface area contributed by atoms with Crippen molar-refractivity contribution in [2.45, 2.75) is 11.9 Å². The maximum atomic E-state index is 11.6. The molecule has 1 aromatic rings. The summed E-state index contributed by atoms with van der Waals surface area (Å²) < 4.78 is 25.5. The number of hydrogen-bond donors (Lipinski definition) is 3. The second-order valence-corrected chi connectivity index (χ2v) is 4.90. The standard InChI is InChI=1S/C8H11N3O4S/c1-5(2)3-10-16(14,15)7-6(8(12)13)4-9-11-7/h4,10H,1,3H2,2H3,(H,9,11)(H,12,13). The third-order valence-electron chi connectivity index (χ3n) is 1.67. The number of carbonyl (C=O) groups is 1. The first-order valence-electron chi connectivity index (χ1n) is 4.25. The molecule has 0 saturated heterocycles. The quantitative estimate of drug-likeness (QED) is 0.630. The van der Waals surface area contributed by atoms with E-state index in [9.17, 15) is 13.2 Å². The fraction of sp³-hybridized carbons (Fsp3) is 0.250. The topological polar surface area (TPSA) is 112 Å². The summed E-state index contributed by atoms with van der Waals surface area (Å²) in [5.74, 6) is -1.36. The SMILES string of the molecule is C=C(C)CNS(=O)(=O)c1[nH]ncc1C(=O)O. The summed E-state index contributed by atoms with van der Waals surface area (Å²) in [6.07, 6.45) is 0.942. The van der Waals surface area contributed by atoms with Gasteiger partial charge in [-0.15, -0.1) is 0 Å². The molecule has 0 aliphatic rings. The number of aromatic carboxylic acids is 1. The highest BCUT2D eigenvalue weighted by molar-refractivity contribution is 7.89. The molecule has 0 aliphatic heterocycles. The van der Waals surface area contributed by atoms with Crippen LogP contribution >= 0.6 is 0 Å². The Balaban J connectivity index is 3.03. The number of aromatic nitrogens is 2. The van der Waals surface area contributed by atoms with Gasteiger partial charge in [-0.2, -0.15) is 5.10 Å². The van der Waals surface area contributed by atoms with Crippen molar-refractivity contribution in [3.63, 3.8) is 0 Å². The molecule has 0 spiro atoms. The van der Waals surface area contributed by atoms with Gasteiger partial charge in [-0.25, -0.2) is 17.9 Å². The van der Waals surface area contributed by atoms with Gasteiger partial charge in [0.05, 0.1) is 6.20 Å². The minimum Gasteiger partial charge on any atom is -0.478 e. The van der Waals surface area contributed by atoms with Crippen molar-refractivity contribution < 1.29 is 18.3 Å². The minimum absolute atomic E-state index is 0.0421. The summed E-state index contributed by atoms with van der Waals surface area (Å²) in [7, 11) is -3.90. The summed E-state index contributed by atoms with van der Waals surface area (Å²) >= 11 is 0. The van der Waals surface area contributed by atoms with E-state index in [1.807, 2.05) is 0 Å². The molecule has 1 rings (SSSR count). The number of rotatable bonds is 5. The number of hydrogen-bond acceptors (Lipinski definition) is 4. The summed E-state index contributed by atoms with van der Waals surface area (Å²) in [5, 5.41) is 13.8. The van der Waals surface area contributed by atoms with Gasteiger partial charge in [0.15, 0.2) is 5.03 Å². The van der Waals surface area contributed by atoms with Gasteiger partial charge >= 0.3 is 5.97 Å². The largest absolute Gasteiger partial charge is 0.478 e. The Morgan fingerprint density at radius 1 is 1.69 bits per heavy atom. The lowest BCUT2D eigenvalue weighted by atomic mass is 10.4. The maximum Gasteiger partial charge on any atom is 0.340 e. The highest BCUT2D eigenvalue weighted by Crippen LogP contribution is 2.11. The lowest BCUT2D eigenvalue weighted by Crippen LogP contribution is -2.27. The molecule has 0 aliphatic carbocycles. The van der Waals surface area contributed by atoms with Crippen LogP contribution in [0.15, 0.2) is 23.4 Å². The average Bonchev–Trinajstić information content (AvgIpc) is 2.63. The zero-order valence-electron chi connectivity index (χ0n) is 8.52. The Kier molecular flexibility index (Phi) is 3.45. The van der Waals surface area contributed by atoms with Gasteiger partial charge in [0, 0.05) is 6.54 Å². The van der Waals surface area contributed by atoms with Crippen LogP contribution in [0.4, 0.5) is 0 Å². The summed E-state index contributed by atoms with van der Waals surface area (Å²) in [6.45, 7) is 5.22. The van der Waals surface area contributed by atoms with E-state index in [-0.39, 0.29) is 6.54 Å². The number of carboxylic acid groups (broad SMARTS) is 1. The molecule has 8 heteroatoms. The first kappa shape index (κ1) is 12.4. The molecule has 0 saturated carbocycles. The number of carboxylic acids is 1. The smallest absolute Gasteiger partial charge is 0.340 e. The lowest BCUT2D eigenvalue weighted by molar-refractivity contribution is 0.0692. The van der Waals surface area contributed by atoms with Crippen LogP contribution in [-0.4, -0.2) is 36.2 Å². The Labute approximate surface area is 92.2 Å². The van der Waals surface area contributed by atoms with Gasteiger partial charge in [-0.1, -0.05) is 12.2 Å². The molecule has 0 radical (unpaired) electrons. The highest BCUT2D eigenvalue weighted by Gasteiger charge is 2.24. The van der Waals surface area contributed by atoms with Crippen molar-refractivity contribution in [2.75, 3.05) is 6.54 Å². The number of nitrogens with zero attached hydrogens (tertiary/aromatic N) is 1. The van der Waals surface area contributed by atoms with Crippen LogP contribution in [0.2, 0.25) is 0 Å². The lowest BCUT2D eigenvalue weighted by Gasteiger charge is -2.04. The Morgan fingerprint density at radius 2 is 2.31 bits per heavy atom. The average molecular weight is 245 g/mol. The van der Waals surface area contributed by atoms with E-state index >= 15 is 0 Å². The number of nitrogens with one attached hydrogen (secondary N) is 2. The van der Waals surface area contributed by atoms with E-state index < -0.39 is 26.6 Å². The Bertz CT molecular complexity index is 517. The zero-order valence-corrected chi connectivity index (χ0v) is 9.34. The molecule has 0 aromatic carbocycles. The van der Waals surface area contributed by atoms with Gasteiger partial charge in [-0.3, -0.25) is 5.10 Å².